The van der Waals surface area contributed by atoms with Gasteiger partial charge in [0.2, 0.25) is 0 Å². The van der Waals surface area contributed by atoms with E-state index in [1.807, 2.05) is 15.9 Å². The van der Waals surface area contributed by atoms with E-state index in [0.717, 1.165) is 0 Å². The van der Waals surface area contributed by atoms with Gasteiger partial charge in [0.25, 0.3) is 0 Å². The Morgan fingerprint density at radius 3 is 2.25 bits per heavy atom. The highest BCUT2D eigenvalue weighted by Gasteiger charge is 2.55. The molecule has 0 aliphatic rings. The first-order chi connectivity index (χ1) is 5.31. The van der Waals surface area contributed by atoms with Crippen molar-refractivity contribution in [3.63, 3.8) is 0 Å². The molecule has 6 heteroatoms. The lowest BCUT2D eigenvalue weighted by Gasteiger charge is -2.21. The first kappa shape index (κ1) is 12.2. The van der Waals surface area contributed by atoms with Crippen molar-refractivity contribution in [1.82, 2.24) is 0 Å². The Morgan fingerprint density at radius 2 is 1.92 bits per heavy atom. The second-order valence-corrected chi connectivity index (χ2v) is 3.26. The molecule has 0 aromatic heterocycles. The number of ether oxygens (including phenoxy) is 1. The van der Waals surface area contributed by atoms with Crippen LogP contribution in [0.4, 0.5) is 13.2 Å². The van der Waals surface area contributed by atoms with Crippen LogP contribution in [0, 0.1) is 0 Å². The lowest BCUT2D eigenvalue weighted by Crippen LogP contribution is -2.40. The molecule has 1 radical (unpaired) electrons. The smallest absolute Gasteiger partial charge is 0.331 e. The van der Waals surface area contributed by atoms with Crippen LogP contribution in [0.15, 0.2) is 0 Å². The van der Waals surface area contributed by atoms with E-state index in [-0.39, 0.29) is 6.61 Å². The third kappa shape index (κ3) is 3.73. The molecular formula is C6H9BrF3O2. The Balaban J connectivity index is 3.88. The van der Waals surface area contributed by atoms with Crippen LogP contribution in [0.5, 0.6) is 0 Å². The molecule has 0 amide bonds. The Hall–Kier alpha value is 0.190. The third-order valence-corrected chi connectivity index (χ3v) is 1.81. The van der Waals surface area contributed by atoms with Crippen LogP contribution in [0.1, 0.15) is 19.8 Å². The highest BCUT2D eigenvalue weighted by atomic mass is 79.9. The van der Waals surface area contributed by atoms with Crippen LogP contribution >= 0.6 is 15.9 Å². The molecule has 12 heavy (non-hydrogen) atoms. The molecule has 1 unspecified atom stereocenters. The molecule has 0 spiro atoms. The van der Waals surface area contributed by atoms with E-state index in [1.165, 1.54) is 0 Å². The van der Waals surface area contributed by atoms with Crippen LogP contribution in [-0.4, -0.2) is 17.5 Å². The van der Waals surface area contributed by atoms with Crippen molar-refractivity contribution in [2.24, 2.45) is 0 Å². The van der Waals surface area contributed by atoms with Gasteiger partial charge in [-0.3, -0.25) is 0 Å². The largest absolute Gasteiger partial charge is 0.451 e. The van der Waals surface area contributed by atoms with E-state index in [2.05, 4.69) is 4.74 Å². The molecule has 0 aliphatic heterocycles. The lowest BCUT2D eigenvalue weighted by molar-refractivity contribution is -0.348. The maximum absolute atomic E-state index is 12.6. The minimum atomic E-state index is -4.78. The fourth-order valence-electron chi connectivity index (χ4n) is 0.429. The quantitative estimate of drug-likeness (QED) is 0.544. The number of alkyl halides is 4. The van der Waals surface area contributed by atoms with Crippen molar-refractivity contribution in [1.29, 1.82) is 0 Å². The molecule has 0 fully saturated rings. The summed E-state index contributed by atoms with van der Waals surface area (Å²) in [6.45, 7) is 1.57. The maximum atomic E-state index is 12.6. The lowest BCUT2D eigenvalue weighted by atomic mass is 10.4. The molecule has 2 nitrogen and oxygen atoms in total. The van der Waals surface area contributed by atoms with Crippen LogP contribution in [-0.2, 0) is 9.84 Å². The Morgan fingerprint density at radius 1 is 1.42 bits per heavy atom. The number of rotatable bonds is 5. The zero-order valence-corrected chi connectivity index (χ0v) is 8.04. The highest BCUT2D eigenvalue weighted by molar-refractivity contribution is 9.10. The molecular weight excluding hydrogens is 241 g/mol. The average molecular weight is 250 g/mol. The molecule has 1 atom stereocenters. The standard InChI is InChI=1S/C6H9BrF3O2/c1-2-3-4-12-5(7,8)6(9,10)11/h2-4H2,1H3. The fourth-order valence-corrected chi connectivity index (χ4v) is 0.591. The van der Waals surface area contributed by atoms with Gasteiger partial charge in [0.15, 0.2) is 0 Å². The summed E-state index contributed by atoms with van der Waals surface area (Å²) in [7, 11) is 0. The van der Waals surface area contributed by atoms with E-state index in [4.69, 9.17) is 0 Å². The molecule has 0 N–H and O–H groups in total. The van der Waals surface area contributed by atoms with Crippen molar-refractivity contribution >= 4 is 15.9 Å². The van der Waals surface area contributed by atoms with Crippen molar-refractivity contribution in [2.45, 2.75) is 30.6 Å². The Kier molecular flexibility index (Phi) is 4.50. The minimum absolute atomic E-state index is 0.212. The van der Waals surface area contributed by atoms with E-state index >= 15 is 0 Å². The number of halogens is 4. The fraction of sp³-hybridized carbons (Fsp3) is 1.00. The summed E-state index contributed by atoms with van der Waals surface area (Å²) in [5, 5.41) is 9.84. The van der Waals surface area contributed by atoms with E-state index in [1.54, 1.807) is 6.92 Å². The summed E-state index contributed by atoms with van der Waals surface area (Å²) in [6, 6.07) is 0. The van der Waals surface area contributed by atoms with Gasteiger partial charge in [0, 0.05) is 0 Å². The first-order valence-electron chi connectivity index (χ1n) is 3.41. The molecule has 0 aliphatic carbocycles. The molecule has 0 rings (SSSR count). The first-order valence-corrected chi connectivity index (χ1v) is 4.20. The summed E-state index contributed by atoms with van der Waals surface area (Å²) in [4.78, 5) is 0. The summed E-state index contributed by atoms with van der Waals surface area (Å²) in [5.74, 6) is 0. The number of hydrogen-bond acceptors (Lipinski definition) is 1. The SMILES string of the molecule is CCCCOC(F)(Br)C([O])(F)F. The Bertz CT molecular complexity index is 135. The Labute approximate surface area is 76.8 Å². The summed E-state index contributed by atoms with van der Waals surface area (Å²) >= 11 is 1.88. The number of unbranched alkanes of at least 4 members (excludes halogenated alkanes) is 1. The van der Waals surface area contributed by atoms with Gasteiger partial charge in [-0.15, -0.1) is 5.11 Å². The van der Waals surface area contributed by atoms with Gasteiger partial charge in [0.1, 0.15) is 0 Å². The molecule has 0 saturated heterocycles. The van der Waals surface area contributed by atoms with Crippen LogP contribution in [0.3, 0.4) is 0 Å². The second-order valence-electron chi connectivity index (χ2n) is 2.24. The number of hydrogen-bond donors (Lipinski definition) is 0. The average Bonchev–Trinajstić information content (AvgIpc) is 1.85. The van der Waals surface area contributed by atoms with Gasteiger partial charge in [-0.1, -0.05) is 13.3 Å². The topological polar surface area (TPSA) is 29.1 Å². The monoisotopic (exact) mass is 249 g/mol. The molecule has 73 valence electrons. The third-order valence-electron chi connectivity index (χ3n) is 1.12. The van der Waals surface area contributed by atoms with Crippen molar-refractivity contribution in [3.8, 4) is 0 Å². The predicted octanol–water partition coefficient (Wildman–Crippen LogP) is 2.84. The summed E-state index contributed by atoms with van der Waals surface area (Å²) in [6.07, 6.45) is -3.68. The highest BCUT2D eigenvalue weighted by Crippen LogP contribution is 2.37. The normalized spacial score (nSPS) is 17.5. The van der Waals surface area contributed by atoms with Crippen LogP contribution in [0.2, 0.25) is 0 Å². The molecule has 0 aromatic rings. The van der Waals surface area contributed by atoms with Crippen LogP contribution in [0.25, 0.3) is 0 Å². The van der Waals surface area contributed by atoms with Gasteiger partial charge in [0.05, 0.1) is 6.61 Å². The zero-order valence-electron chi connectivity index (χ0n) is 6.45. The molecule has 0 saturated carbocycles. The van der Waals surface area contributed by atoms with Crippen molar-refractivity contribution in [2.75, 3.05) is 6.61 Å². The molecule has 0 aromatic carbocycles. The minimum Gasteiger partial charge on any atom is -0.331 e. The van der Waals surface area contributed by atoms with Gasteiger partial charge in [-0.2, -0.15) is 13.2 Å². The van der Waals surface area contributed by atoms with Crippen molar-refractivity contribution < 1.29 is 23.0 Å². The van der Waals surface area contributed by atoms with E-state index < -0.39 is 10.9 Å². The second kappa shape index (κ2) is 4.43. The summed E-state index contributed by atoms with van der Waals surface area (Å²) < 4.78 is 36.6. The van der Waals surface area contributed by atoms with E-state index in [9.17, 15) is 18.3 Å². The van der Waals surface area contributed by atoms with Crippen molar-refractivity contribution in [3.05, 3.63) is 0 Å². The zero-order chi connectivity index (χ0) is 9.83. The molecule has 0 bridgehead atoms. The van der Waals surface area contributed by atoms with Gasteiger partial charge in [-0.05, 0) is 22.4 Å². The maximum Gasteiger partial charge on any atom is 0.451 e. The predicted molar refractivity (Wildman–Crippen MR) is 39.3 cm³/mol. The summed E-state index contributed by atoms with van der Waals surface area (Å²) in [5.41, 5.74) is 0. The van der Waals surface area contributed by atoms with E-state index in [0.29, 0.717) is 12.8 Å². The van der Waals surface area contributed by atoms with Gasteiger partial charge < -0.3 is 4.74 Å². The van der Waals surface area contributed by atoms with Gasteiger partial charge >= 0.3 is 10.9 Å². The van der Waals surface area contributed by atoms with Gasteiger partial charge in [-0.25, -0.2) is 0 Å². The van der Waals surface area contributed by atoms with Crippen LogP contribution < -0.4 is 0 Å². The molecule has 0 heterocycles.